The number of aryl methyl sites for hydroxylation is 1. The highest BCUT2D eigenvalue weighted by Gasteiger charge is 2.25. The molecule has 3 heterocycles. The van der Waals surface area contributed by atoms with E-state index < -0.39 is 5.97 Å². The Morgan fingerprint density at radius 2 is 2.19 bits per heavy atom. The molecule has 3 aromatic heterocycles. The molecule has 0 fully saturated rings. The molecular weight excluding hydrogens is 348 g/mol. The fourth-order valence-corrected chi connectivity index (χ4v) is 5.16. The third-order valence-corrected chi connectivity index (χ3v) is 6.25. The van der Waals surface area contributed by atoms with Gasteiger partial charge in [-0.05, 0) is 36.8 Å². The number of benzene rings is 1. The Bertz CT molecular complexity index is 1180. The van der Waals surface area contributed by atoms with Crippen LogP contribution in [0.3, 0.4) is 0 Å². The minimum absolute atomic E-state index is 0.202. The third kappa shape index (κ3) is 2.17. The molecule has 0 radical (unpaired) electrons. The highest BCUT2D eigenvalue weighted by molar-refractivity contribution is 7.19. The van der Waals surface area contributed by atoms with Crippen LogP contribution in [-0.4, -0.2) is 30.7 Å². The van der Waals surface area contributed by atoms with E-state index in [9.17, 15) is 9.90 Å². The van der Waals surface area contributed by atoms with E-state index in [0.29, 0.717) is 17.3 Å². The zero-order valence-corrected chi connectivity index (χ0v) is 15.0. The van der Waals surface area contributed by atoms with Crippen LogP contribution in [0.5, 0.6) is 0 Å². The number of hydrogen-bond acceptors (Lipinski definition) is 5. The monoisotopic (exact) mass is 364 g/mol. The molecule has 0 saturated carbocycles. The highest BCUT2D eigenvalue weighted by Crippen LogP contribution is 2.42. The number of carboxylic acid groups (broad SMARTS) is 1. The van der Waals surface area contributed by atoms with Crippen LogP contribution in [-0.2, 0) is 6.42 Å². The summed E-state index contributed by atoms with van der Waals surface area (Å²) < 4.78 is 1.67. The van der Waals surface area contributed by atoms with Crippen molar-refractivity contribution in [3.05, 3.63) is 46.6 Å². The second-order valence-electron chi connectivity index (χ2n) is 6.71. The summed E-state index contributed by atoms with van der Waals surface area (Å²) in [6.45, 7) is 2.25. The second-order valence-corrected chi connectivity index (χ2v) is 7.79. The maximum Gasteiger partial charge on any atom is 0.336 e. The highest BCUT2D eigenvalue weighted by atomic mass is 32.1. The molecule has 0 spiro atoms. The quantitative estimate of drug-likeness (QED) is 0.578. The predicted molar refractivity (Wildman–Crippen MR) is 99.9 cm³/mol. The van der Waals surface area contributed by atoms with Crippen molar-refractivity contribution in [1.82, 2.24) is 19.6 Å². The summed E-state index contributed by atoms with van der Waals surface area (Å²) in [5.41, 5.74) is 2.83. The van der Waals surface area contributed by atoms with Crippen LogP contribution in [0.25, 0.3) is 27.3 Å². The van der Waals surface area contributed by atoms with E-state index in [2.05, 4.69) is 17.0 Å². The van der Waals surface area contributed by atoms with E-state index in [1.807, 2.05) is 0 Å². The van der Waals surface area contributed by atoms with Gasteiger partial charge in [0, 0.05) is 10.4 Å². The van der Waals surface area contributed by atoms with Gasteiger partial charge in [-0.2, -0.15) is 0 Å². The first-order valence-electron chi connectivity index (χ1n) is 8.63. The molecule has 26 heavy (non-hydrogen) atoms. The maximum absolute atomic E-state index is 11.5. The first kappa shape index (κ1) is 15.5. The summed E-state index contributed by atoms with van der Waals surface area (Å²) in [7, 11) is 0. The molecule has 1 unspecified atom stereocenters. The number of rotatable bonds is 2. The van der Waals surface area contributed by atoms with Crippen molar-refractivity contribution < 1.29 is 9.90 Å². The smallest absolute Gasteiger partial charge is 0.336 e. The zero-order chi connectivity index (χ0) is 17.8. The van der Waals surface area contributed by atoms with Crippen LogP contribution in [0, 0.1) is 0 Å². The maximum atomic E-state index is 11.5. The second kappa shape index (κ2) is 5.60. The van der Waals surface area contributed by atoms with Crippen LogP contribution < -0.4 is 0 Å². The van der Waals surface area contributed by atoms with Crippen molar-refractivity contribution in [2.45, 2.75) is 32.1 Å². The lowest BCUT2D eigenvalue weighted by Crippen LogP contribution is -2.04. The van der Waals surface area contributed by atoms with E-state index in [1.165, 1.54) is 23.3 Å². The molecule has 1 aliphatic rings. The lowest BCUT2D eigenvalue weighted by molar-refractivity contribution is 0.0697. The molecule has 0 amide bonds. The summed E-state index contributed by atoms with van der Waals surface area (Å²) in [5, 5.41) is 15.0. The Labute approximate surface area is 153 Å². The topological polar surface area (TPSA) is 80.4 Å². The third-order valence-electron chi connectivity index (χ3n) is 5.07. The number of fused-ring (bicyclic) bond motifs is 5. The van der Waals surface area contributed by atoms with Gasteiger partial charge in [0.2, 0.25) is 0 Å². The molecule has 6 nitrogen and oxygen atoms in total. The van der Waals surface area contributed by atoms with Crippen LogP contribution in [0.15, 0.2) is 30.6 Å². The Kier molecular flexibility index (Phi) is 3.33. The molecule has 0 saturated heterocycles. The number of carboxylic acids is 1. The number of aromatic carboxylic acids is 1. The fraction of sp³-hybridized carbons (Fsp3) is 0.263. The predicted octanol–water partition coefficient (Wildman–Crippen LogP) is 4.14. The summed E-state index contributed by atoms with van der Waals surface area (Å²) in [5.74, 6) is -0.0862. The largest absolute Gasteiger partial charge is 0.478 e. The van der Waals surface area contributed by atoms with Gasteiger partial charge in [0.25, 0.3) is 0 Å². The first-order valence-corrected chi connectivity index (χ1v) is 9.44. The Hall–Kier alpha value is -2.80. The van der Waals surface area contributed by atoms with Crippen molar-refractivity contribution in [2.75, 3.05) is 0 Å². The summed E-state index contributed by atoms with van der Waals surface area (Å²) in [6.07, 6.45) is 5.14. The zero-order valence-electron chi connectivity index (χ0n) is 14.1. The van der Waals surface area contributed by atoms with E-state index in [-0.39, 0.29) is 5.56 Å². The van der Waals surface area contributed by atoms with Crippen molar-refractivity contribution in [2.24, 2.45) is 0 Å². The van der Waals surface area contributed by atoms with Crippen molar-refractivity contribution in [1.29, 1.82) is 0 Å². The van der Waals surface area contributed by atoms with Crippen LogP contribution >= 0.6 is 11.3 Å². The molecular formula is C19H16N4O2S. The molecule has 1 atom stereocenters. The van der Waals surface area contributed by atoms with Crippen molar-refractivity contribution in [3.8, 4) is 11.4 Å². The summed E-state index contributed by atoms with van der Waals surface area (Å²) >= 11 is 1.75. The van der Waals surface area contributed by atoms with Gasteiger partial charge in [0.15, 0.2) is 11.5 Å². The molecule has 7 heteroatoms. The lowest BCUT2D eigenvalue weighted by Gasteiger charge is -2.18. The van der Waals surface area contributed by atoms with E-state index >= 15 is 0 Å². The molecule has 1 aromatic carbocycles. The van der Waals surface area contributed by atoms with Gasteiger partial charge in [-0.3, -0.25) is 0 Å². The Morgan fingerprint density at radius 3 is 3.04 bits per heavy atom. The van der Waals surface area contributed by atoms with Gasteiger partial charge in [0.05, 0.1) is 10.9 Å². The number of nitrogens with zero attached hydrogens (tertiary/aromatic N) is 4. The van der Waals surface area contributed by atoms with Gasteiger partial charge >= 0.3 is 5.97 Å². The molecule has 0 aliphatic heterocycles. The average molecular weight is 364 g/mol. The molecule has 130 valence electrons. The SMILES string of the molecule is CC1CCCc2sc3ncn4nc(-c5ccccc5C(=O)O)nc4c3c21. The van der Waals surface area contributed by atoms with E-state index in [0.717, 1.165) is 22.3 Å². The van der Waals surface area contributed by atoms with Crippen LogP contribution in [0.4, 0.5) is 0 Å². The van der Waals surface area contributed by atoms with Crippen molar-refractivity contribution in [3.63, 3.8) is 0 Å². The average Bonchev–Trinajstić information content (AvgIpc) is 3.23. The lowest BCUT2D eigenvalue weighted by atomic mass is 9.87. The van der Waals surface area contributed by atoms with Gasteiger partial charge < -0.3 is 5.11 Å². The van der Waals surface area contributed by atoms with Gasteiger partial charge in [-0.1, -0.05) is 25.1 Å². The van der Waals surface area contributed by atoms with E-state index in [1.54, 1.807) is 46.4 Å². The molecule has 1 N–H and O–H groups in total. The molecule has 1 aliphatic carbocycles. The minimum atomic E-state index is -0.982. The van der Waals surface area contributed by atoms with Crippen LogP contribution in [0.1, 0.15) is 46.5 Å². The molecule has 4 aromatic rings. The summed E-state index contributed by atoms with van der Waals surface area (Å²) in [4.78, 5) is 23.2. The first-order chi connectivity index (χ1) is 12.6. The number of thiophene rings is 1. The number of carbonyl (C=O) groups is 1. The number of hydrogen-bond donors (Lipinski definition) is 1. The fourth-order valence-electron chi connectivity index (χ4n) is 3.86. The van der Waals surface area contributed by atoms with Gasteiger partial charge in [0.1, 0.15) is 11.2 Å². The molecule has 5 rings (SSSR count). The van der Waals surface area contributed by atoms with Crippen molar-refractivity contribution >= 4 is 33.2 Å². The Morgan fingerprint density at radius 1 is 1.35 bits per heavy atom. The molecule has 0 bridgehead atoms. The van der Waals surface area contributed by atoms with Gasteiger partial charge in [-0.15, -0.1) is 16.4 Å². The number of aromatic nitrogens is 4. The van der Waals surface area contributed by atoms with E-state index in [4.69, 9.17) is 4.98 Å². The minimum Gasteiger partial charge on any atom is -0.478 e. The Balaban J connectivity index is 1.80. The van der Waals surface area contributed by atoms with Gasteiger partial charge in [-0.25, -0.2) is 19.3 Å². The normalized spacial score (nSPS) is 16.9. The summed E-state index contributed by atoms with van der Waals surface area (Å²) in [6, 6.07) is 6.83. The van der Waals surface area contributed by atoms with Crippen LogP contribution in [0.2, 0.25) is 0 Å². The standard InChI is InChI=1S/C19H16N4O2S/c1-10-5-4-8-13-14(10)15-17-21-16(22-23(17)9-20-18(15)26-13)11-6-2-3-7-12(11)19(24)25/h2-3,6-7,9-10H,4-5,8H2,1H3,(H,24,25).